The van der Waals surface area contributed by atoms with Crippen LogP contribution in [0.2, 0.25) is 0 Å². The zero-order chi connectivity index (χ0) is 13.9. The molecule has 0 aliphatic carbocycles. The van der Waals surface area contributed by atoms with E-state index in [1.54, 1.807) is 7.11 Å². The summed E-state index contributed by atoms with van der Waals surface area (Å²) < 4.78 is 11.1. The smallest absolute Gasteiger partial charge is 0.161 e. The lowest BCUT2D eigenvalue weighted by Crippen LogP contribution is -2.18. The molecular formula is C16H25NO2. The van der Waals surface area contributed by atoms with Crippen LogP contribution in [0.4, 0.5) is 0 Å². The van der Waals surface area contributed by atoms with Crippen LogP contribution in [0.3, 0.4) is 0 Å². The first-order valence-corrected chi connectivity index (χ1v) is 6.96. The van der Waals surface area contributed by atoms with E-state index in [-0.39, 0.29) is 0 Å². The normalized spacial score (nSPS) is 10.9. The Labute approximate surface area is 116 Å². The van der Waals surface area contributed by atoms with E-state index in [0.29, 0.717) is 6.61 Å². The van der Waals surface area contributed by atoms with E-state index in [1.165, 1.54) is 6.42 Å². The van der Waals surface area contributed by atoms with Crippen molar-refractivity contribution in [3.8, 4) is 11.5 Å². The fourth-order valence-corrected chi connectivity index (χ4v) is 1.78. The molecule has 0 aliphatic rings. The first kappa shape index (κ1) is 15.6. The minimum absolute atomic E-state index is 0.704. The summed E-state index contributed by atoms with van der Waals surface area (Å²) in [5.41, 5.74) is 1.12. The van der Waals surface area contributed by atoms with Gasteiger partial charge in [-0.25, -0.2) is 0 Å². The number of benzene rings is 1. The summed E-state index contributed by atoms with van der Waals surface area (Å²) in [4.78, 5) is 0. The molecule has 0 radical (unpaired) electrons. The molecule has 0 unspecified atom stereocenters. The molecule has 3 heteroatoms. The number of nitrogens with one attached hydrogen (secondary N) is 1. The average molecular weight is 263 g/mol. The Morgan fingerprint density at radius 1 is 1.21 bits per heavy atom. The van der Waals surface area contributed by atoms with Gasteiger partial charge < -0.3 is 14.8 Å². The maximum atomic E-state index is 5.75. The van der Waals surface area contributed by atoms with Gasteiger partial charge in [-0.05, 0) is 50.6 Å². The molecular weight excluding hydrogens is 238 g/mol. The fraction of sp³-hybridized carbons (Fsp3) is 0.500. The van der Waals surface area contributed by atoms with Crippen molar-refractivity contribution in [1.29, 1.82) is 0 Å². The van der Waals surface area contributed by atoms with Gasteiger partial charge in [0.25, 0.3) is 0 Å². The second kappa shape index (κ2) is 9.45. The fourth-order valence-electron chi connectivity index (χ4n) is 1.78. The Balaban J connectivity index is 2.44. The lowest BCUT2D eigenvalue weighted by molar-refractivity contribution is 0.287. The molecule has 19 heavy (non-hydrogen) atoms. The summed E-state index contributed by atoms with van der Waals surface area (Å²) in [6.45, 7) is 6.94. The molecule has 0 saturated heterocycles. The highest BCUT2D eigenvalue weighted by Crippen LogP contribution is 2.28. The molecule has 0 fully saturated rings. The third-order valence-corrected chi connectivity index (χ3v) is 2.73. The molecule has 0 atom stereocenters. The van der Waals surface area contributed by atoms with Gasteiger partial charge in [0, 0.05) is 0 Å². The van der Waals surface area contributed by atoms with E-state index >= 15 is 0 Å². The third-order valence-electron chi connectivity index (χ3n) is 2.73. The monoisotopic (exact) mass is 263 g/mol. The first-order chi connectivity index (χ1) is 9.31. The number of rotatable bonds is 9. The first-order valence-electron chi connectivity index (χ1n) is 6.96. The molecule has 0 bridgehead atoms. The van der Waals surface area contributed by atoms with Crippen LogP contribution in [-0.4, -0.2) is 26.8 Å². The van der Waals surface area contributed by atoms with Crippen LogP contribution in [0.25, 0.3) is 6.08 Å². The molecule has 1 aromatic rings. The van der Waals surface area contributed by atoms with E-state index in [1.807, 2.05) is 37.3 Å². The van der Waals surface area contributed by atoms with Crippen molar-refractivity contribution in [2.75, 3.05) is 26.8 Å². The van der Waals surface area contributed by atoms with Gasteiger partial charge in [0.05, 0.1) is 13.7 Å². The summed E-state index contributed by atoms with van der Waals surface area (Å²) >= 11 is 0. The highest BCUT2D eigenvalue weighted by Gasteiger charge is 2.04. The SMILES string of the molecule is CC=Cc1ccc(OCCCNCCC)c(OC)c1. The number of hydrogen-bond acceptors (Lipinski definition) is 3. The van der Waals surface area contributed by atoms with Crippen LogP contribution in [0.15, 0.2) is 24.3 Å². The summed E-state index contributed by atoms with van der Waals surface area (Å²) in [6.07, 6.45) is 6.22. The number of ether oxygens (including phenoxy) is 2. The molecule has 1 rings (SSSR count). The second-order valence-corrected chi connectivity index (χ2v) is 4.36. The van der Waals surface area contributed by atoms with Crippen molar-refractivity contribution in [3.63, 3.8) is 0 Å². The van der Waals surface area contributed by atoms with E-state index in [9.17, 15) is 0 Å². The zero-order valence-electron chi connectivity index (χ0n) is 12.2. The molecule has 0 heterocycles. The van der Waals surface area contributed by atoms with Crippen LogP contribution in [0.5, 0.6) is 11.5 Å². The minimum Gasteiger partial charge on any atom is -0.493 e. The average Bonchev–Trinajstić information content (AvgIpc) is 2.44. The standard InChI is InChI=1S/C16H25NO2/c1-4-7-14-8-9-15(16(13-14)18-3)19-12-6-11-17-10-5-2/h4,7-9,13,17H,5-6,10-12H2,1-3H3. The van der Waals surface area contributed by atoms with Gasteiger partial charge in [-0.2, -0.15) is 0 Å². The number of methoxy groups -OCH3 is 1. The summed E-state index contributed by atoms with van der Waals surface area (Å²) in [5, 5.41) is 3.36. The molecule has 1 N–H and O–H groups in total. The van der Waals surface area contributed by atoms with Crippen LogP contribution in [0.1, 0.15) is 32.3 Å². The Morgan fingerprint density at radius 3 is 2.74 bits per heavy atom. The number of hydrogen-bond donors (Lipinski definition) is 1. The molecule has 0 spiro atoms. The van der Waals surface area contributed by atoms with Gasteiger partial charge in [0.1, 0.15) is 0 Å². The maximum Gasteiger partial charge on any atom is 0.161 e. The molecule has 106 valence electrons. The molecule has 0 amide bonds. The lowest BCUT2D eigenvalue weighted by atomic mass is 10.2. The largest absolute Gasteiger partial charge is 0.493 e. The van der Waals surface area contributed by atoms with E-state index in [4.69, 9.17) is 9.47 Å². The highest BCUT2D eigenvalue weighted by molar-refractivity contribution is 5.55. The van der Waals surface area contributed by atoms with Gasteiger partial charge in [-0.15, -0.1) is 0 Å². The lowest BCUT2D eigenvalue weighted by Gasteiger charge is -2.11. The number of allylic oxidation sites excluding steroid dienone is 1. The van der Waals surface area contributed by atoms with Crippen molar-refractivity contribution < 1.29 is 9.47 Å². The minimum atomic E-state index is 0.704. The molecule has 0 aromatic heterocycles. The van der Waals surface area contributed by atoms with E-state index in [2.05, 4.69) is 12.2 Å². The van der Waals surface area contributed by atoms with Crippen LogP contribution >= 0.6 is 0 Å². The summed E-state index contributed by atoms with van der Waals surface area (Å²) in [7, 11) is 1.67. The second-order valence-electron chi connectivity index (χ2n) is 4.36. The highest BCUT2D eigenvalue weighted by atomic mass is 16.5. The van der Waals surface area contributed by atoms with Crippen molar-refractivity contribution in [2.45, 2.75) is 26.7 Å². The maximum absolute atomic E-state index is 5.75. The van der Waals surface area contributed by atoms with E-state index in [0.717, 1.165) is 36.6 Å². The zero-order valence-corrected chi connectivity index (χ0v) is 12.2. The Morgan fingerprint density at radius 2 is 2.05 bits per heavy atom. The van der Waals surface area contributed by atoms with Gasteiger partial charge in [0.2, 0.25) is 0 Å². The van der Waals surface area contributed by atoms with Gasteiger partial charge in [0.15, 0.2) is 11.5 Å². The quantitative estimate of drug-likeness (QED) is 0.692. The summed E-state index contributed by atoms with van der Waals surface area (Å²) in [6, 6.07) is 5.99. The van der Waals surface area contributed by atoms with Gasteiger partial charge in [-0.3, -0.25) is 0 Å². The van der Waals surface area contributed by atoms with Gasteiger partial charge >= 0.3 is 0 Å². The topological polar surface area (TPSA) is 30.5 Å². The van der Waals surface area contributed by atoms with Gasteiger partial charge in [-0.1, -0.05) is 25.1 Å². The van der Waals surface area contributed by atoms with Crippen molar-refractivity contribution in [1.82, 2.24) is 5.32 Å². The van der Waals surface area contributed by atoms with Crippen LogP contribution in [0, 0.1) is 0 Å². The van der Waals surface area contributed by atoms with E-state index < -0.39 is 0 Å². The Bertz CT molecular complexity index is 388. The van der Waals surface area contributed by atoms with Crippen LogP contribution in [-0.2, 0) is 0 Å². The van der Waals surface area contributed by atoms with Crippen LogP contribution < -0.4 is 14.8 Å². The Kier molecular flexibility index (Phi) is 7.75. The Hall–Kier alpha value is -1.48. The molecule has 1 aromatic carbocycles. The van der Waals surface area contributed by atoms with Crippen molar-refractivity contribution in [2.24, 2.45) is 0 Å². The van der Waals surface area contributed by atoms with Crippen molar-refractivity contribution >= 4 is 6.08 Å². The van der Waals surface area contributed by atoms with Crippen molar-refractivity contribution in [3.05, 3.63) is 29.8 Å². The summed E-state index contributed by atoms with van der Waals surface area (Å²) in [5.74, 6) is 1.60. The predicted molar refractivity (Wildman–Crippen MR) is 81.0 cm³/mol. The third kappa shape index (κ3) is 5.79. The molecule has 3 nitrogen and oxygen atoms in total. The molecule has 0 aliphatic heterocycles. The predicted octanol–water partition coefficient (Wildman–Crippen LogP) is 3.50. The molecule has 0 saturated carbocycles.